The standard InChI is InChI=1S/C12H15BrN2/c1-8-5-9(13)6-11-12(8)15-4-2-3-10(15)7-14-11/h5-6,10,14H,2-4,7H2,1H3. The van der Waals surface area contributed by atoms with Crippen LogP contribution in [0.4, 0.5) is 11.4 Å². The molecule has 2 aliphatic heterocycles. The maximum absolute atomic E-state index is 3.56. The first kappa shape index (κ1) is 9.52. The predicted molar refractivity (Wildman–Crippen MR) is 67.7 cm³/mol. The molecular formula is C12H15BrN2. The van der Waals surface area contributed by atoms with E-state index in [9.17, 15) is 0 Å². The predicted octanol–water partition coefficient (Wildman–Crippen LogP) is 3.15. The van der Waals surface area contributed by atoms with Crippen molar-refractivity contribution in [1.82, 2.24) is 0 Å². The van der Waals surface area contributed by atoms with Crippen LogP contribution in [0.1, 0.15) is 18.4 Å². The van der Waals surface area contributed by atoms with Gasteiger partial charge in [0.15, 0.2) is 0 Å². The van der Waals surface area contributed by atoms with Gasteiger partial charge in [0.05, 0.1) is 11.4 Å². The molecule has 1 fully saturated rings. The number of hydrogen-bond acceptors (Lipinski definition) is 2. The Labute approximate surface area is 98.8 Å². The van der Waals surface area contributed by atoms with Crippen LogP contribution >= 0.6 is 15.9 Å². The van der Waals surface area contributed by atoms with E-state index in [0.717, 1.165) is 12.6 Å². The van der Waals surface area contributed by atoms with Gasteiger partial charge in [-0.1, -0.05) is 15.9 Å². The van der Waals surface area contributed by atoms with Crippen molar-refractivity contribution >= 4 is 27.3 Å². The first-order chi connectivity index (χ1) is 7.25. The molecule has 80 valence electrons. The molecule has 1 aromatic carbocycles. The van der Waals surface area contributed by atoms with E-state index in [-0.39, 0.29) is 0 Å². The van der Waals surface area contributed by atoms with Gasteiger partial charge in [-0.2, -0.15) is 0 Å². The number of halogens is 1. The third kappa shape index (κ3) is 1.44. The van der Waals surface area contributed by atoms with Crippen molar-refractivity contribution < 1.29 is 0 Å². The highest BCUT2D eigenvalue weighted by atomic mass is 79.9. The van der Waals surface area contributed by atoms with Crippen LogP contribution in [0.25, 0.3) is 0 Å². The minimum Gasteiger partial charge on any atom is -0.381 e. The van der Waals surface area contributed by atoms with Crippen molar-refractivity contribution in [2.75, 3.05) is 23.3 Å². The van der Waals surface area contributed by atoms with E-state index >= 15 is 0 Å². The summed E-state index contributed by atoms with van der Waals surface area (Å²) in [6, 6.07) is 5.12. The lowest BCUT2D eigenvalue weighted by atomic mass is 10.1. The number of benzene rings is 1. The van der Waals surface area contributed by atoms with Crippen LogP contribution in [0.3, 0.4) is 0 Å². The molecule has 0 radical (unpaired) electrons. The Kier molecular flexibility index (Phi) is 2.16. The van der Waals surface area contributed by atoms with Crippen LogP contribution in [-0.2, 0) is 0 Å². The summed E-state index contributed by atoms with van der Waals surface area (Å²) in [4.78, 5) is 2.58. The third-order valence-corrected chi connectivity index (χ3v) is 3.92. The van der Waals surface area contributed by atoms with E-state index in [4.69, 9.17) is 0 Å². The van der Waals surface area contributed by atoms with Crippen molar-refractivity contribution in [3.63, 3.8) is 0 Å². The minimum atomic E-state index is 0.720. The van der Waals surface area contributed by atoms with Gasteiger partial charge in [0.2, 0.25) is 0 Å². The van der Waals surface area contributed by atoms with Gasteiger partial charge in [-0.15, -0.1) is 0 Å². The van der Waals surface area contributed by atoms with Gasteiger partial charge in [-0.05, 0) is 37.5 Å². The molecule has 0 bridgehead atoms. The number of fused-ring (bicyclic) bond motifs is 3. The molecule has 15 heavy (non-hydrogen) atoms. The zero-order valence-corrected chi connectivity index (χ0v) is 10.5. The summed E-state index contributed by atoms with van der Waals surface area (Å²) < 4.78 is 1.17. The molecule has 0 spiro atoms. The molecule has 1 N–H and O–H groups in total. The molecular weight excluding hydrogens is 252 g/mol. The van der Waals surface area contributed by atoms with Gasteiger partial charge < -0.3 is 10.2 Å². The van der Waals surface area contributed by atoms with Crippen molar-refractivity contribution in [2.45, 2.75) is 25.8 Å². The highest BCUT2D eigenvalue weighted by molar-refractivity contribution is 9.10. The molecule has 0 aliphatic carbocycles. The largest absolute Gasteiger partial charge is 0.381 e. The van der Waals surface area contributed by atoms with Gasteiger partial charge in [-0.25, -0.2) is 0 Å². The first-order valence-corrected chi connectivity index (χ1v) is 6.35. The molecule has 0 aromatic heterocycles. The molecule has 2 heterocycles. The smallest absolute Gasteiger partial charge is 0.0635 e. The fourth-order valence-corrected chi connectivity index (χ4v) is 3.39. The van der Waals surface area contributed by atoms with Crippen LogP contribution in [0.2, 0.25) is 0 Å². The number of nitrogens with zero attached hydrogens (tertiary/aromatic N) is 1. The van der Waals surface area contributed by atoms with Crippen LogP contribution in [0.15, 0.2) is 16.6 Å². The van der Waals surface area contributed by atoms with Gasteiger partial charge in [0, 0.05) is 23.6 Å². The van der Waals surface area contributed by atoms with Gasteiger partial charge in [-0.3, -0.25) is 0 Å². The average molecular weight is 267 g/mol. The third-order valence-electron chi connectivity index (χ3n) is 3.46. The lowest BCUT2D eigenvalue weighted by Crippen LogP contribution is -2.39. The summed E-state index contributed by atoms with van der Waals surface area (Å²) >= 11 is 3.56. The minimum absolute atomic E-state index is 0.720. The molecule has 1 saturated heterocycles. The Balaban J connectivity index is 2.12. The van der Waals surface area contributed by atoms with E-state index in [2.05, 4.69) is 45.2 Å². The van der Waals surface area contributed by atoms with E-state index in [1.54, 1.807) is 0 Å². The Bertz CT molecular complexity index is 403. The Morgan fingerprint density at radius 2 is 2.33 bits per heavy atom. The second-order valence-corrected chi connectivity index (χ2v) is 5.40. The Morgan fingerprint density at radius 3 is 3.20 bits per heavy atom. The number of anilines is 2. The fraction of sp³-hybridized carbons (Fsp3) is 0.500. The fourth-order valence-electron chi connectivity index (χ4n) is 2.82. The second-order valence-electron chi connectivity index (χ2n) is 4.49. The SMILES string of the molecule is Cc1cc(Br)cc2c1N1CCCC1CN2. The van der Waals surface area contributed by atoms with Crippen molar-refractivity contribution in [1.29, 1.82) is 0 Å². The summed E-state index contributed by atoms with van der Waals surface area (Å²) in [6.45, 7) is 4.52. The maximum atomic E-state index is 3.56. The zero-order chi connectivity index (χ0) is 10.4. The molecule has 1 aromatic rings. The summed E-state index contributed by atoms with van der Waals surface area (Å²) in [7, 11) is 0. The second kappa shape index (κ2) is 3.41. The Hall–Kier alpha value is -0.700. The number of rotatable bonds is 0. The molecule has 2 aliphatic rings. The summed E-state index contributed by atoms with van der Waals surface area (Å²) in [6.07, 6.45) is 2.67. The van der Waals surface area contributed by atoms with E-state index in [1.807, 2.05) is 0 Å². The summed E-state index contributed by atoms with van der Waals surface area (Å²) in [5.41, 5.74) is 4.09. The zero-order valence-electron chi connectivity index (χ0n) is 8.89. The number of hydrogen-bond donors (Lipinski definition) is 1. The molecule has 3 heteroatoms. The number of aryl methyl sites for hydroxylation is 1. The average Bonchev–Trinajstić information content (AvgIpc) is 2.63. The van der Waals surface area contributed by atoms with Crippen molar-refractivity contribution in [3.05, 3.63) is 22.2 Å². The number of nitrogens with one attached hydrogen (secondary N) is 1. The summed E-state index contributed by atoms with van der Waals surface area (Å²) in [5.74, 6) is 0. The molecule has 0 saturated carbocycles. The lowest BCUT2D eigenvalue weighted by Gasteiger charge is -2.35. The topological polar surface area (TPSA) is 15.3 Å². The monoisotopic (exact) mass is 266 g/mol. The molecule has 1 unspecified atom stereocenters. The summed E-state index contributed by atoms with van der Waals surface area (Å²) in [5, 5.41) is 3.54. The van der Waals surface area contributed by atoms with Crippen LogP contribution in [0.5, 0.6) is 0 Å². The van der Waals surface area contributed by atoms with E-state index < -0.39 is 0 Å². The van der Waals surface area contributed by atoms with E-state index in [1.165, 1.54) is 40.8 Å². The first-order valence-electron chi connectivity index (χ1n) is 5.56. The quantitative estimate of drug-likeness (QED) is 0.776. The van der Waals surface area contributed by atoms with Crippen molar-refractivity contribution in [2.24, 2.45) is 0 Å². The highest BCUT2D eigenvalue weighted by Crippen LogP contribution is 2.40. The van der Waals surface area contributed by atoms with Crippen LogP contribution in [-0.4, -0.2) is 19.1 Å². The van der Waals surface area contributed by atoms with Gasteiger partial charge >= 0.3 is 0 Å². The van der Waals surface area contributed by atoms with Crippen molar-refractivity contribution in [3.8, 4) is 0 Å². The molecule has 0 amide bonds. The molecule has 2 nitrogen and oxygen atoms in total. The maximum Gasteiger partial charge on any atom is 0.0635 e. The molecule has 3 rings (SSSR count). The Morgan fingerprint density at radius 1 is 1.47 bits per heavy atom. The highest BCUT2D eigenvalue weighted by Gasteiger charge is 2.31. The van der Waals surface area contributed by atoms with E-state index in [0.29, 0.717) is 0 Å². The van der Waals surface area contributed by atoms with Gasteiger partial charge in [0.1, 0.15) is 0 Å². The molecule has 1 atom stereocenters. The lowest BCUT2D eigenvalue weighted by molar-refractivity contribution is 0.681. The van der Waals surface area contributed by atoms with Gasteiger partial charge in [0.25, 0.3) is 0 Å². The van der Waals surface area contributed by atoms with Crippen LogP contribution in [0, 0.1) is 6.92 Å². The van der Waals surface area contributed by atoms with Crippen LogP contribution < -0.4 is 10.2 Å². The normalized spacial score (nSPS) is 23.3.